The molecule has 0 saturated heterocycles. The zero-order chi connectivity index (χ0) is 22.4. The van der Waals surface area contributed by atoms with Crippen molar-refractivity contribution in [1.82, 2.24) is 10.3 Å². The maximum absolute atomic E-state index is 11.8. The molecule has 0 bridgehead atoms. The van der Waals surface area contributed by atoms with E-state index in [9.17, 15) is 14.7 Å². The summed E-state index contributed by atoms with van der Waals surface area (Å²) in [5.74, 6) is -0.624. The van der Waals surface area contributed by atoms with E-state index in [0.717, 1.165) is 37.9 Å². The number of hydrogen-bond donors (Lipinski definition) is 3. The van der Waals surface area contributed by atoms with Crippen LogP contribution in [0.25, 0.3) is 10.6 Å². The molecule has 1 atom stereocenters. The minimum Gasteiger partial charge on any atom is -0.497 e. The molecule has 0 unspecified atom stereocenters. The van der Waals surface area contributed by atoms with E-state index in [1.807, 2.05) is 41.8 Å². The van der Waals surface area contributed by atoms with Crippen molar-refractivity contribution in [3.63, 3.8) is 0 Å². The fraction of sp³-hybridized carbons (Fsp3) is 0.261. The number of carbonyl (C=O) groups is 2. The first-order valence-electron chi connectivity index (χ1n) is 9.81. The Bertz CT molecular complexity index is 1070. The van der Waals surface area contributed by atoms with Crippen molar-refractivity contribution in [2.45, 2.75) is 37.1 Å². The Morgan fingerprint density at radius 1 is 1.29 bits per heavy atom. The highest BCUT2D eigenvalue weighted by molar-refractivity contribution is 7.80. The molecule has 6 nitrogen and oxygen atoms in total. The average Bonchev–Trinajstić information content (AvgIpc) is 3.30. The van der Waals surface area contributed by atoms with Gasteiger partial charge in [0.2, 0.25) is 5.91 Å². The largest absolute Gasteiger partial charge is 0.497 e. The minimum absolute atomic E-state index is 0.159. The van der Waals surface area contributed by atoms with Crippen molar-refractivity contribution in [1.29, 1.82) is 0 Å². The van der Waals surface area contributed by atoms with Gasteiger partial charge in [-0.2, -0.15) is 0 Å². The van der Waals surface area contributed by atoms with Crippen molar-refractivity contribution >= 4 is 35.8 Å². The van der Waals surface area contributed by atoms with E-state index in [0.29, 0.717) is 6.42 Å². The third-order valence-corrected chi connectivity index (χ3v) is 6.25. The Balaban J connectivity index is 2.03. The molecule has 0 fully saturated rings. The number of ether oxygens (including phenoxy) is 1. The lowest BCUT2D eigenvalue weighted by Gasteiger charge is -2.19. The third-order valence-electron chi connectivity index (χ3n) is 4.94. The van der Waals surface area contributed by atoms with Crippen LogP contribution >= 0.6 is 24.0 Å². The molecular formula is C23H24N2O4S2. The molecular weight excluding hydrogens is 432 g/mol. The molecule has 0 aliphatic carbocycles. The van der Waals surface area contributed by atoms with Gasteiger partial charge in [0, 0.05) is 34.9 Å². The van der Waals surface area contributed by atoms with E-state index in [4.69, 9.17) is 17.4 Å². The number of amides is 1. The van der Waals surface area contributed by atoms with E-state index >= 15 is 0 Å². The molecule has 3 aromatic rings. The van der Waals surface area contributed by atoms with E-state index in [1.54, 1.807) is 20.2 Å². The van der Waals surface area contributed by atoms with Crippen LogP contribution in [0.4, 0.5) is 0 Å². The number of carboxylic acids is 1. The molecule has 0 spiro atoms. The normalized spacial score (nSPS) is 11.7. The number of hydrogen-bond acceptors (Lipinski definition) is 6. The summed E-state index contributed by atoms with van der Waals surface area (Å²) >= 11 is 6.33. The second-order valence-corrected chi connectivity index (χ2v) is 8.32. The monoisotopic (exact) mass is 456 g/mol. The summed E-state index contributed by atoms with van der Waals surface area (Å²) in [6, 6.07) is 10.5. The van der Waals surface area contributed by atoms with Crippen molar-refractivity contribution in [2.75, 3.05) is 7.11 Å². The number of carbonyl (C=O) groups excluding carboxylic acids is 1. The topological polar surface area (TPSA) is 88.5 Å². The highest BCUT2D eigenvalue weighted by Gasteiger charge is 2.23. The maximum Gasteiger partial charge on any atom is 0.326 e. The lowest BCUT2D eigenvalue weighted by atomic mass is 9.93. The molecule has 8 heteroatoms. The Morgan fingerprint density at radius 2 is 2.10 bits per heavy atom. The van der Waals surface area contributed by atoms with Gasteiger partial charge in [-0.15, -0.1) is 24.0 Å². The predicted molar refractivity (Wildman–Crippen MR) is 124 cm³/mol. The molecule has 3 rings (SSSR count). The first-order valence-corrected chi connectivity index (χ1v) is 11.1. The summed E-state index contributed by atoms with van der Waals surface area (Å²) in [6.07, 6.45) is 2.66. The molecule has 162 valence electrons. The summed E-state index contributed by atoms with van der Waals surface area (Å²) in [6.45, 7) is 1.69. The predicted octanol–water partition coefficient (Wildman–Crippen LogP) is 4.22. The first kappa shape index (κ1) is 22.8. The second-order valence-electron chi connectivity index (χ2n) is 6.98. The number of benzene rings is 2. The Morgan fingerprint density at radius 3 is 2.74 bits per heavy atom. The van der Waals surface area contributed by atoms with Gasteiger partial charge in [-0.05, 0) is 35.2 Å². The van der Waals surface area contributed by atoms with Crippen molar-refractivity contribution in [3.05, 3.63) is 64.7 Å². The number of nitrogens with one attached hydrogen (secondary N) is 1. The molecule has 0 saturated carbocycles. The van der Waals surface area contributed by atoms with Crippen LogP contribution in [0.2, 0.25) is 0 Å². The number of nitrogens with zero attached hydrogens (tertiary/aromatic N) is 1. The number of aromatic nitrogens is 1. The first-order chi connectivity index (χ1) is 14.9. The summed E-state index contributed by atoms with van der Waals surface area (Å²) in [4.78, 5) is 28.8. The van der Waals surface area contributed by atoms with E-state index in [2.05, 4.69) is 10.3 Å². The fourth-order valence-electron chi connectivity index (χ4n) is 3.30. The molecule has 0 aliphatic rings. The van der Waals surface area contributed by atoms with Gasteiger partial charge in [0.25, 0.3) is 0 Å². The lowest BCUT2D eigenvalue weighted by Crippen LogP contribution is -2.42. The van der Waals surface area contributed by atoms with Crippen molar-refractivity contribution < 1.29 is 19.4 Å². The van der Waals surface area contributed by atoms with Gasteiger partial charge >= 0.3 is 5.97 Å². The molecule has 2 N–H and O–H groups in total. The van der Waals surface area contributed by atoms with Crippen LogP contribution in [0.15, 0.2) is 52.9 Å². The Labute approximate surface area is 190 Å². The number of carboxylic acid groups (broad SMARTS) is 1. The Hall–Kier alpha value is -2.84. The standard InChI is InChI=1S/C23H24N2O4S2/c1-3-20(26)25-19(23(27)28)13-15-7-8-17(22-24-9-10-31-22)21(30)18(15)12-14-5-4-6-16(11-14)29-2/h4-11,19,30H,3,12-13H2,1-2H3,(H,25,26)(H,27,28)/t19-/m0/s1. The van der Waals surface area contributed by atoms with Crippen LogP contribution in [0.3, 0.4) is 0 Å². The number of rotatable bonds is 9. The molecule has 1 aromatic heterocycles. The fourth-order valence-corrected chi connectivity index (χ4v) is 4.45. The number of methoxy groups -OCH3 is 1. The van der Waals surface area contributed by atoms with Crippen LogP contribution < -0.4 is 10.1 Å². The van der Waals surface area contributed by atoms with E-state index in [1.165, 1.54) is 11.3 Å². The molecule has 2 aromatic carbocycles. The van der Waals surface area contributed by atoms with Gasteiger partial charge in [0.1, 0.15) is 16.8 Å². The van der Waals surface area contributed by atoms with Gasteiger partial charge in [-0.3, -0.25) is 4.79 Å². The average molecular weight is 457 g/mol. The SMILES string of the molecule is CCC(=O)N[C@@H](Cc1ccc(-c2nccs2)c(S)c1Cc1cccc(OC)c1)C(=O)O. The summed E-state index contributed by atoms with van der Waals surface area (Å²) in [5.41, 5.74) is 3.62. The molecule has 1 heterocycles. The van der Waals surface area contributed by atoms with E-state index < -0.39 is 12.0 Å². The van der Waals surface area contributed by atoms with Gasteiger partial charge in [0.15, 0.2) is 0 Å². The van der Waals surface area contributed by atoms with Crippen LogP contribution in [0.1, 0.15) is 30.0 Å². The van der Waals surface area contributed by atoms with Crippen LogP contribution in [0, 0.1) is 0 Å². The number of aliphatic carboxylic acids is 1. The second kappa shape index (κ2) is 10.5. The van der Waals surface area contributed by atoms with Crippen LogP contribution in [-0.2, 0) is 22.4 Å². The van der Waals surface area contributed by atoms with Crippen molar-refractivity contribution in [3.8, 4) is 16.3 Å². The summed E-state index contributed by atoms with van der Waals surface area (Å²) < 4.78 is 5.34. The van der Waals surface area contributed by atoms with Gasteiger partial charge in [-0.25, -0.2) is 9.78 Å². The molecule has 0 radical (unpaired) electrons. The van der Waals surface area contributed by atoms with Crippen LogP contribution in [-0.4, -0.2) is 35.1 Å². The minimum atomic E-state index is -1.07. The number of thiol groups is 1. The van der Waals surface area contributed by atoms with Gasteiger partial charge < -0.3 is 15.2 Å². The van der Waals surface area contributed by atoms with Gasteiger partial charge in [-0.1, -0.05) is 31.2 Å². The third kappa shape index (κ3) is 5.65. The molecule has 0 aliphatic heterocycles. The lowest BCUT2D eigenvalue weighted by molar-refractivity contribution is -0.141. The Kier molecular flexibility index (Phi) is 7.70. The van der Waals surface area contributed by atoms with E-state index in [-0.39, 0.29) is 18.7 Å². The van der Waals surface area contributed by atoms with Crippen LogP contribution in [0.5, 0.6) is 5.75 Å². The zero-order valence-electron chi connectivity index (χ0n) is 17.3. The highest BCUT2D eigenvalue weighted by atomic mass is 32.1. The summed E-state index contributed by atoms with van der Waals surface area (Å²) in [5, 5.41) is 15.0. The maximum atomic E-state index is 11.8. The zero-order valence-corrected chi connectivity index (χ0v) is 19.0. The van der Waals surface area contributed by atoms with Crippen molar-refractivity contribution in [2.24, 2.45) is 0 Å². The highest BCUT2D eigenvalue weighted by Crippen LogP contribution is 2.34. The molecule has 31 heavy (non-hydrogen) atoms. The smallest absolute Gasteiger partial charge is 0.326 e. The summed E-state index contributed by atoms with van der Waals surface area (Å²) in [7, 11) is 1.62. The molecule has 1 amide bonds. The number of thiazole rings is 1. The van der Waals surface area contributed by atoms with Gasteiger partial charge in [0.05, 0.1) is 7.11 Å². The quantitative estimate of drug-likeness (QED) is 0.420.